The fourth-order valence-corrected chi connectivity index (χ4v) is 2.85. The predicted molar refractivity (Wildman–Crippen MR) is 91.1 cm³/mol. The van der Waals surface area contributed by atoms with Crippen molar-refractivity contribution in [1.82, 2.24) is 9.78 Å². The first kappa shape index (κ1) is 16.6. The van der Waals surface area contributed by atoms with E-state index in [1.54, 1.807) is 48.3 Å². The third-order valence-corrected chi connectivity index (χ3v) is 4.17. The third-order valence-electron chi connectivity index (χ3n) is 3.59. The summed E-state index contributed by atoms with van der Waals surface area (Å²) >= 11 is 3.39. The molecule has 0 saturated carbocycles. The number of aryl methyl sites for hydroxylation is 1. The van der Waals surface area contributed by atoms with Crippen LogP contribution in [0.4, 0.5) is 24.7 Å². The molecule has 3 aromatic rings. The van der Waals surface area contributed by atoms with E-state index in [0.717, 1.165) is 22.0 Å². The standard InChI is InChI=1S/C17H13BrF3N3/c1-24-16(15(18)10-22-24)23-12-8-6-11(7-9-12)13-4-2-3-5-14(13)17(19,20)21/h2-10,23H,1H3. The topological polar surface area (TPSA) is 29.9 Å². The highest BCUT2D eigenvalue weighted by molar-refractivity contribution is 9.10. The van der Waals surface area contributed by atoms with E-state index in [9.17, 15) is 13.2 Å². The number of nitrogens with zero attached hydrogens (tertiary/aromatic N) is 2. The molecule has 0 spiro atoms. The molecule has 3 nitrogen and oxygen atoms in total. The molecule has 1 N–H and O–H groups in total. The maximum absolute atomic E-state index is 13.1. The maximum atomic E-state index is 13.1. The first-order valence-corrected chi connectivity index (χ1v) is 7.87. The average molecular weight is 396 g/mol. The van der Waals surface area contributed by atoms with E-state index in [0.29, 0.717) is 5.56 Å². The smallest absolute Gasteiger partial charge is 0.340 e. The van der Waals surface area contributed by atoms with E-state index in [1.165, 1.54) is 12.1 Å². The summed E-state index contributed by atoms with van der Waals surface area (Å²) in [6.07, 6.45) is -2.72. The van der Waals surface area contributed by atoms with Crippen LogP contribution >= 0.6 is 15.9 Å². The number of halogens is 4. The van der Waals surface area contributed by atoms with Gasteiger partial charge in [0.1, 0.15) is 5.82 Å². The van der Waals surface area contributed by atoms with Gasteiger partial charge in [0.15, 0.2) is 0 Å². The van der Waals surface area contributed by atoms with Gasteiger partial charge in [-0.3, -0.25) is 4.68 Å². The van der Waals surface area contributed by atoms with Crippen molar-refractivity contribution >= 4 is 27.4 Å². The van der Waals surface area contributed by atoms with Gasteiger partial charge in [0, 0.05) is 12.7 Å². The van der Waals surface area contributed by atoms with Crippen molar-refractivity contribution in [3.8, 4) is 11.1 Å². The number of rotatable bonds is 3. The Bertz CT molecular complexity index is 835. The normalized spacial score (nSPS) is 11.5. The first-order valence-electron chi connectivity index (χ1n) is 7.07. The van der Waals surface area contributed by atoms with Gasteiger partial charge in [-0.2, -0.15) is 18.3 Å². The number of anilines is 2. The second-order valence-corrected chi connectivity index (χ2v) is 6.06. The molecule has 1 heterocycles. The van der Waals surface area contributed by atoms with E-state index in [-0.39, 0.29) is 5.56 Å². The average Bonchev–Trinajstić information content (AvgIpc) is 2.87. The van der Waals surface area contributed by atoms with Crippen LogP contribution in [0.1, 0.15) is 5.56 Å². The highest BCUT2D eigenvalue weighted by Crippen LogP contribution is 2.37. The molecular formula is C17H13BrF3N3. The van der Waals surface area contributed by atoms with Crippen LogP contribution in [0.2, 0.25) is 0 Å². The molecule has 1 aromatic heterocycles. The Hall–Kier alpha value is -2.28. The molecule has 124 valence electrons. The van der Waals surface area contributed by atoms with Crippen molar-refractivity contribution in [1.29, 1.82) is 0 Å². The molecule has 2 aromatic carbocycles. The zero-order valence-electron chi connectivity index (χ0n) is 12.6. The lowest BCUT2D eigenvalue weighted by Crippen LogP contribution is -2.06. The summed E-state index contributed by atoms with van der Waals surface area (Å²) in [5.41, 5.74) is 0.795. The van der Waals surface area contributed by atoms with Crippen molar-refractivity contribution in [2.24, 2.45) is 7.05 Å². The number of nitrogens with one attached hydrogen (secondary N) is 1. The predicted octanol–water partition coefficient (Wildman–Crippen LogP) is 5.61. The molecule has 0 aliphatic rings. The van der Waals surface area contributed by atoms with E-state index in [4.69, 9.17) is 0 Å². The summed E-state index contributed by atoms with van der Waals surface area (Å²) < 4.78 is 41.8. The van der Waals surface area contributed by atoms with Crippen molar-refractivity contribution < 1.29 is 13.2 Å². The van der Waals surface area contributed by atoms with Gasteiger partial charge in [-0.25, -0.2) is 0 Å². The van der Waals surface area contributed by atoms with Gasteiger partial charge in [-0.1, -0.05) is 30.3 Å². The van der Waals surface area contributed by atoms with Gasteiger partial charge in [-0.05, 0) is 45.3 Å². The van der Waals surface area contributed by atoms with E-state index in [1.807, 2.05) is 0 Å². The van der Waals surface area contributed by atoms with Crippen molar-refractivity contribution in [3.05, 3.63) is 64.8 Å². The Morgan fingerprint density at radius 1 is 1.04 bits per heavy atom. The second-order valence-electron chi connectivity index (χ2n) is 5.21. The second kappa shape index (κ2) is 6.32. The number of hydrogen-bond donors (Lipinski definition) is 1. The Morgan fingerprint density at radius 2 is 1.71 bits per heavy atom. The van der Waals surface area contributed by atoms with Gasteiger partial charge in [0.05, 0.1) is 16.2 Å². The monoisotopic (exact) mass is 395 g/mol. The number of aromatic nitrogens is 2. The van der Waals surface area contributed by atoms with Crippen LogP contribution < -0.4 is 5.32 Å². The molecule has 7 heteroatoms. The molecule has 0 bridgehead atoms. The molecule has 0 saturated heterocycles. The Labute approximate surface area is 145 Å². The van der Waals surface area contributed by atoms with Gasteiger partial charge in [0.2, 0.25) is 0 Å². The minimum absolute atomic E-state index is 0.165. The van der Waals surface area contributed by atoms with Crippen LogP contribution in [0.15, 0.2) is 59.2 Å². The molecule has 24 heavy (non-hydrogen) atoms. The SMILES string of the molecule is Cn1ncc(Br)c1Nc1ccc(-c2ccccc2C(F)(F)F)cc1. The largest absolute Gasteiger partial charge is 0.417 e. The molecule has 0 aliphatic carbocycles. The van der Waals surface area contributed by atoms with Gasteiger partial charge < -0.3 is 5.32 Å². The third kappa shape index (κ3) is 3.31. The Kier molecular flexibility index (Phi) is 4.36. The lowest BCUT2D eigenvalue weighted by Gasteiger charge is -2.13. The molecular weight excluding hydrogens is 383 g/mol. The lowest BCUT2D eigenvalue weighted by atomic mass is 9.99. The van der Waals surface area contributed by atoms with Crippen LogP contribution in [-0.4, -0.2) is 9.78 Å². The van der Waals surface area contributed by atoms with Crippen LogP contribution in [0.5, 0.6) is 0 Å². The number of benzene rings is 2. The van der Waals surface area contributed by atoms with Crippen LogP contribution in [0.25, 0.3) is 11.1 Å². The van der Waals surface area contributed by atoms with Crippen LogP contribution in [0.3, 0.4) is 0 Å². The summed E-state index contributed by atoms with van der Waals surface area (Å²) in [7, 11) is 1.79. The molecule has 0 amide bonds. The zero-order valence-corrected chi connectivity index (χ0v) is 14.2. The first-order chi connectivity index (χ1) is 11.4. The lowest BCUT2D eigenvalue weighted by molar-refractivity contribution is -0.137. The summed E-state index contributed by atoms with van der Waals surface area (Å²) in [6, 6.07) is 12.4. The highest BCUT2D eigenvalue weighted by Gasteiger charge is 2.33. The van der Waals surface area contributed by atoms with Gasteiger partial charge in [0.25, 0.3) is 0 Å². The number of hydrogen-bond acceptors (Lipinski definition) is 2. The van der Waals surface area contributed by atoms with E-state index < -0.39 is 11.7 Å². The minimum atomic E-state index is -4.38. The van der Waals surface area contributed by atoms with Crippen molar-refractivity contribution in [2.45, 2.75) is 6.18 Å². The van der Waals surface area contributed by atoms with Crippen molar-refractivity contribution in [2.75, 3.05) is 5.32 Å². The Morgan fingerprint density at radius 3 is 2.29 bits per heavy atom. The molecule has 0 radical (unpaired) electrons. The minimum Gasteiger partial charge on any atom is -0.340 e. The zero-order chi connectivity index (χ0) is 17.3. The maximum Gasteiger partial charge on any atom is 0.417 e. The summed E-state index contributed by atoms with van der Waals surface area (Å²) in [6.45, 7) is 0. The summed E-state index contributed by atoms with van der Waals surface area (Å²) in [5.74, 6) is 0.762. The molecule has 3 rings (SSSR count). The fourth-order valence-electron chi connectivity index (χ4n) is 2.40. The quantitative estimate of drug-likeness (QED) is 0.624. The Balaban J connectivity index is 1.91. The summed E-state index contributed by atoms with van der Waals surface area (Å²) in [5, 5.41) is 7.27. The molecule has 0 atom stereocenters. The van der Waals surface area contributed by atoms with Crippen LogP contribution in [-0.2, 0) is 13.2 Å². The highest BCUT2D eigenvalue weighted by atomic mass is 79.9. The molecule has 0 fully saturated rings. The molecule has 0 aliphatic heterocycles. The van der Waals surface area contributed by atoms with Crippen molar-refractivity contribution in [3.63, 3.8) is 0 Å². The summed E-state index contributed by atoms with van der Waals surface area (Å²) in [4.78, 5) is 0. The van der Waals surface area contributed by atoms with E-state index in [2.05, 4.69) is 26.3 Å². The molecule has 0 unspecified atom stereocenters. The van der Waals surface area contributed by atoms with Gasteiger partial charge in [-0.15, -0.1) is 0 Å². The van der Waals surface area contributed by atoms with Crippen LogP contribution in [0, 0.1) is 0 Å². The van der Waals surface area contributed by atoms with E-state index >= 15 is 0 Å². The fraction of sp³-hybridized carbons (Fsp3) is 0.118. The number of alkyl halides is 3. The van der Waals surface area contributed by atoms with Gasteiger partial charge >= 0.3 is 6.18 Å².